The molecule has 1 aromatic carbocycles. The summed E-state index contributed by atoms with van der Waals surface area (Å²) in [6.45, 7) is 0.337. The fourth-order valence-corrected chi connectivity index (χ4v) is 3.65. The summed E-state index contributed by atoms with van der Waals surface area (Å²) in [6, 6.07) is 15.7. The number of thiophene rings is 1. The standard InChI is InChI=1S/C20H15NO4S/c22-15-11-18(25-17-6-2-1-5-13(15)17)20(23)21-12-14(16-7-3-9-24-16)19-8-4-10-26-19/h1-11,14H,12H2,(H,21,23)/t14-/m0/s1. The molecule has 0 bridgehead atoms. The number of hydrogen-bond acceptors (Lipinski definition) is 5. The normalized spacial score (nSPS) is 12.2. The Kier molecular flexibility index (Phi) is 4.41. The average molecular weight is 365 g/mol. The van der Waals surface area contributed by atoms with Gasteiger partial charge >= 0.3 is 0 Å². The van der Waals surface area contributed by atoms with Crippen LogP contribution in [0.5, 0.6) is 0 Å². The van der Waals surface area contributed by atoms with Crippen molar-refractivity contribution in [2.24, 2.45) is 0 Å². The molecule has 1 atom stereocenters. The van der Waals surface area contributed by atoms with Gasteiger partial charge in [0, 0.05) is 17.5 Å². The van der Waals surface area contributed by atoms with Crippen molar-refractivity contribution in [3.8, 4) is 0 Å². The van der Waals surface area contributed by atoms with Crippen molar-refractivity contribution in [2.45, 2.75) is 5.92 Å². The van der Waals surface area contributed by atoms with Gasteiger partial charge in [0.25, 0.3) is 5.91 Å². The number of carbonyl (C=O) groups excluding carboxylic acids is 1. The van der Waals surface area contributed by atoms with E-state index in [1.54, 1.807) is 41.9 Å². The van der Waals surface area contributed by atoms with Crippen molar-refractivity contribution in [1.82, 2.24) is 5.32 Å². The summed E-state index contributed by atoms with van der Waals surface area (Å²) in [7, 11) is 0. The third-order valence-corrected chi connectivity index (χ3v) is 5.08. The molecule has 0 aliphatic carbocycles. The van der Waals surface area contributed by atoms with E-state index < -0.39 is 5.91 Å². The first-order valence-electron chi connectivity index (χ1n) is 8.10. The van der Waals surface area contributed by atoms with E-state index in [-0.39, 0.29) is 17.1 Å². The van der Waals surface area contributed by atoms with E-state index in [0.29, 0.717) is 17.5 Å². The number of fused-ring (bicyclic) bond motifs is 1. The van der Waals surface area contributed by atoms with E-state index in [0.717, 1.165) is 10.6 Å². The molecule has 26 heavy (non-hydrogen) atoms. The topological polar surface area (TPSA) is 72.5 Å². The molecule has 0 spiro atoms. The van der Waals surface area contributed by atoms with Gasteiger partial charge in [-0.05, 0) is 35.7 Å². The zero-order valence-corrected chi connectivity index (χ0v) is 14.5. The third-order valence-electron chi connectivity index (χ3n) is 4.10. The highest BCUT2D eigenvalue weighted by Gasteiger charge is 2.20. The molecule has 0 saturated heterocycles. The van der Waals surface area contributed by atoms with Gasteiger partial charge in [0.05, 0.1) is 17.6 Å². The third kappa shape index (κ3) is 3.19. The van der Waals surface area contributed by atoms with Crippen LogP contribution < -0.4 is 10.7 Å². The number of carbonyl (C=O) groups is 1. The van der Waals surface area contributed by atoms with E-state index in [9.17, 15) is 9.59 Å². The van der Waals surface area contributed by atoms with Gasteiger partial charge in [-0.2, -0.15) is 0 Å². The molecule has 0 unspecified atom stereocenters. The second-order valence-electron chi connectivity index (χ2n) is 5.76. The molecule has 0 saturated carbocycles. The van der Waals surface area contributed by atoms with E-state index in [4.69, 9.17) is 8.83 Å². The predicted molar refractivity (Wildman–Crippen MR) is 99.7 cm³/mol. The van der Waals surface area contributed by atoms with Crippen LogP contribution in [0.2, 0.25) is 0 Å². The second kappa shape index (κ2) is 7.01. The van der Waals surface area contributed by atoms with Crippen molar-refractivity contribution < 1.29 is 13.6 Å². The first kappa shape index (κ1) is 16.4. The van der Waals surface area contributed by atoms with Crippen LogP contribution in [0.3, 0.4) is 0 Å². The number of hydrogen-bond donors (Lipinski definition) is 1. The minimum Gasteiger partial charge on any atom is -0.469 e. The minimum atomic E-state index is -0.430. The molecule has 0 aliphatic rings. The van der Waals surface area contributed by atoms with Crippen molar-refractivity contribution in [3.05, 3.63) is 92.9 Å². The molecule has 1 amide bonds. The average Bonchev–Trinajstić information content (AvgIpc) is 3.36. The number of para-hydroxylation sites is 1. The highest BCUT2D eigenvalue weighted by atomic mass is 32.1. The molecule has 1 N–H and O–H groups in total. The molecule has 130 valence electrons. The molecule has 6 heteroatoms. The second-order valence-corrected chi connectivity index (χ2v) is 6.74. The molecule has 4 aromatic rings. The maximum atomic E-state index is 12.5. The van der Waals surface area contributed by atoms with Gasteiger partial charge in [0.2, 0.25) is 0 Å². The summed E-state index contributed by atoms with van der Waals surface area (Å²) in [5, 5.41) is 5.28. The van der Waals surface area contributed by atoms with E-state index in [1.807, 2.05) is 29.6 Å². The molecule has 3 heterocycles. The maximum absolute atomic E-state index is 12.5. The van der Waals surface area contributed by atoms with Crippen LogP contribution in [0.25, 0.3) is 11.0 Å². The Morgan fingerprint density at radius 1 is 1.12 bits per heavy atom. The molecule has 5 nitrogen and oxygen atoms in total. The number of rotatable bonds is 5. The maximum Gasteiger partial charge on any atom is 0.287 e. The lowest BCUT2D eigenvalue weighted by atomic mass is 10.0. The van der Waals surface area contributed by atoms with E-state index in [1.165, 1.54) is 6.07 Å². The Hall–Kier alpha value is -3.12. The molecule has 0 fully saturated rings. The van der Waals surface area contributed by atoms with Crippen molar-refractivity contribution in [3.63, 3.8) is 0 Å². The molecule has 0 radical (unpaired) electrons. The summed E-state index contributed by atoms with van der Waals surface area (Å²) in [4.78, 5) is 25.8. The Bertz CT molecular complexity index is 1050. The van der Waals surface area contributed by atoms with Crippen LogP contribution in [0.1, 0.15) is 27.1 Å². The first-order valence-corrected chi connectivity index (χ1v) is 8.98. The minimum absolute atomic E-state index is 0.00178. The zero-order valence-electron chi connectivity index (χ0n) is 13.7. The van der Waals surface area contributed by atoms with Gasteiger partial charge in [0.15, 0.2) is 11.2 Å². The van der Waals surface area contributed by atoms with Crippen LogP contribution in [-0.4, -0.2) is 12.5 Å². The summed E-state index contributed by atoms with van der Waals surface area (Å²) >= 11 is 1.60. The molecular weight excluding hydrogens is 350 g/mol. The van der Waals surface area contributed by atoms with E-state index >= 15 is 0 Å². The monoisotopic (exact) mass is 365 g/mol. The van der Waals surface area contributed by atoms with Gasteiger partial charge in [0.1, 0.15) is 11.3 Å². The summed E-state index contributed by atoms with van der Waals surface area (Å²) in [5.41, 5.74) is 0.156. The lowest BCUT2D eigenvalue weighted by Gasteiger charge is -2.14. The molecule has 3 aromatic heterocycles. The van der Waals surface area contributed by atoms with Gasteiger partial charge < -0.3 is 14.2 Å². The largest absolute Gasteiger partial charge is 0.469 e. The van der Waals surface area contributed by atoms with Crippen LogP contribution in [0.4, 0.5) is 0 Å². The Morgan fingerprint density at radius 3 is 2.77 bits per heavy atom. The molecule has 4 rings (SSSR count). The first-order chi connectivity index (χ1) is 12.7. The van der Waals surface area contributed by atoms with Gasteiger partial charge in [-0.25, -0.2) is 0 Å². The summed E-state index contributed by atoms with van der Waals surface area (Å²) < 4.78 is 11.1. The van der Waals surface area contributed by atoms with Crippen molar-refractivity contribution in [2.75, 3.05) is 6.54 Å². The zero-order chi connectivity index (χ0) is 17.9. The van der Waals surface area contributed by atoms with Crippen LogP contribution in [-0.2, 0) is 0 Å². The number of furan rings is 1. The lowest BCUT2D eigenvalue weighted by molar-refractivity contribution is 0.0924. The van der Waals surface area contributed by atoms with Crippen LogP contribution >= 0.6 is 11.3 Å². The van der Waals surface area contributed by atoms with Crippen LogP contribution in [0, 0.1) is 0 Å². The highest BCUT2D eigenvalue weighted by Crippen LogP contribution is 2.28. The fourth-order valence-electron chi connectivity index (χ4n) is 2.82. The van der Waals surface area contributed by atoms with Gasteiger partial charge in [-0.15, -0.1) is 11.3 Å². The Balaban J connectivity index is 1.57. The highest BCUT2D eigenvalue weighted by molar-refractivity contribution is 7.10. The number of benzene rings is 1. The van der Waals surface area contributed by atoms with Gasteiger partial charge in [-0.3, -0.25) is 9.59 Å². The fraction of sp³-hybridized carbons (Fsp3) is 0.100. The Morgan fingerprint density at radius 2 is 2.00 bits per heavy atom. The van der Waals surface area contributed by atoms with E-state index in [2.05, 4.69) is 5.32 Å². The molecular formula is C20H15NO4S. The smallest absolute Gasteiger partial charge is 0.287 e. The van der Waals surface area contributed by atoms with Crippen molar-refractivity contribution >= 4 is 28.2 Å². The van der Waals surface area contributed by atoms with Gasteiger partial charge in [-0.1, -0.05) is 18.2 Å². The molecule has 0 aliphatic heterocycles. The van der Waals surface area contributed by atoms with Crippen molar-refractivity contribution in [1.29, 1.82) is 0 Å². The lowest BCUT2D eigenvalue weighted by Crippen LogP contribution is -2.29. The van der Waals surface area contributed by atoms with Crippen LogP contribution in [0.15, 0.2) is 79.9 Å². The Labute approximate surface area is 152 Å². The quantitative estimate of drug-likeness (QED) is 0.580. The summed E-state index contributed by atoms with van der Waals surface area (Å²) in [6.07, 6.45) is 1.61. The predicted octanol–water partition coefficient (Wildman–Crippen LogP) is 4.01. The summed E-state index contributed by atoms with van der Waals surface area (Å²) in [5.74, 6) is 0.243. The number of nitrogens with one attached hydrogen (secondary N) is 1. The SMILES string of the molecule is O=C(NC[C@@H](c1ccco1)c1cccs1)c1cc(=O)c2ccccc2o1. The number of amides is 1.